The topological polar surface area (TPSA) is 118 Å². The van der Waals surface area contributed by atoms with Crippen LogP contribution >= 0.6 is 11.3 Å². The maximum absolute atomic E-state index is 12.3. The maximum Gasteiger partial charge on any atom is 0.407 e. The highest BCUT2D eigenvalue weighted by atomic mass is 32.1. The number of H-pyrrole nitrogens is 1. The summed E-state index contributed by atoms with van der Waals surface area (Å²) in [6.07, 6.45) is 6.73. The van der Waals surface area contributed by atoms with Crippen LogP contribution in [0.3, 0.4) is 0 Å². The van der Waals surface area contributed by atoms with Gasteiger partial charge in [-0.25, -0.2) is 14.8 Å². The number of aromatic nitrogens is 5. The number of carbonyl (C=O) groups is 1. The van der Waals surface area contributed by atoms with Gasteiger partial charge in [-0.1, -0.05) is 6.07 Å². The predicted molar refractivity (Wildman–Crippen MR) is 130 cm³/mol. The zero-order valence-electron chi connectivity index (χ0n) is 18.1. The average Bonchev–Trinajstić information content (AvgIpc) is 3.47. The lowest BCUT2D eigenvalue weighted by molar-refractivity contribution is 0.0898. The van der Waals surface area contributed by atoms with E-state index in [1.807, 2.05) is 36.4 Å². The van der Waals surface area contributed by atoms with Crippen molar-refractivity contribution in [3.8, 4) is 0 Å². The van der Waals surface area contributed by atoms with Gasteiger partial charge in [0.15, 0.2) is 0 Å². The molecule has 4 aromatic heterocycles. The summed E-state index contributed by atoms with van der Waals surface area (Å²) in [5.74, 6) is 0.790. The third-order valence-electron chi connectivity index (χ3n) is 5.92. The molecule has 0 saturated heterocycles. The lowest BCUT2D eigenvalue weighted by Crippen LogP contribution is -2.31. The van der Waals surface area contributed by atoms with Crippen LogP contribution in [-0.2, 0) is 24.1 Å². The van der Waals surface area contributed by atoms with E-state index in [4.69, 9.17) is 4.74 Å². The number of fused-ring (bicyclic) bond motifs is 4. The summed E-state index contributed by atoms with van der Waals surface area (Å²) >= 11 is 1.64. The molecule has 1 aliphatic rings. The average molecular weight is 472 g/mol. The van der Waals surface area contributed by atoms with Crippen molar-refractivity contribution in [2.24, 2.45) is 0 Å². The van der Waals surface area contributed by atoms with Gasteiger partial charge in [-0.3, -0.25) is 10.1 Å². The van der Waals surface area contributed by atoms with Crippen molar-refractivity contribution < 1.29 is 9.53 Å². The Morgan fingerprint density at radius 3 is 3.09 bits per heavy atom. The number of pyridine rings is 1. The normalized spacial score (nSPS) is 15.2. The lowest BCUT2D eigenvalue weighted by Gasteiger charge is -2.22. The minimum absolute atomic E-state index is 0.169. The van der Waals surface area contributed by atoms with E-state index >= 15 is 0 Å². The first kappa shape index (κ1) is 20.5. The van der Waals surface area contributed by atoms with Crippen LogP contribution in [0, 0.1) is 0 Å². The first-order chi connectivity index (χ1) is 16.7. The molecule has 9 nitrogen and oxygen atoms in total. The van der Waals surface area contributed by atoms with Gasteiger partial charge in [0.1, 0.15) is 23.1 Å². The molecular weight excluding hydrogens is 450 g/mol. The Kier molecular flexibility index (Phi) is 5.27. The summed E-state index contributed by atoms with van der Waals surface area (Å²) < 4.78 is 5.69. The van der Waals surface area contributed by atoms with Gasteiger partial charge in [-0.15, -0.1) is 11.3 Å². The first-order valence-corrected chi connectivity index (χ1v) is 11.8. The molecule has 0 spiro atoms. The summed E-state index contributed by atoms with van der Waals surface area (Å²) in [5, 5.41) is 15.4. The highest BCUT2D eigenvalue weighted by molar-refractivity contribution is 7.19. The molecule has 1 aromatic carbocycles. The molecule has 1 unspecified atom stereocenters. The summed E-state index contributed by atoms with van der Waals surface area (Å²) in [6, 6.07) is 11.6. The molecule has 0 fully saturated rings. The number of amides is 1. The molecule has 0 bridgehead atoms. The number of aromatic amines is 1. The second-order valence-electron chi connectivity index (χ2n) is 8.15. The number of aryl methyl sites for hydroxylation is 1. The zero-order valence-corrected chi connectivity index (χ0v) is 18.9. The Morgan fingerprint density at radius 2 is 2.18 bits per heavy atom. The first-order valence-electron chi connectivity index (χ1n) is 11.0. The number of thiophene rings is 1. The van der Waals surface area contributed by atoms with E-state index in [0.717, 1.165) is 51.2 Å². The number of ether oxygens (including phenoxy) is 1. The Labute approximate surface area is 198 Å². The van der Waals surface area contributed by atoms with Crippen LogP contribution in [0.15, 0.2) is 55.1 Å². The predicted octanol–water partition coefficient (Wildman–Crippen LogP) is 4.49. The molecule has 170 valence electrons. The van der Waals surface area contributed by atoms with E-state index in [2.05, 4.69) is 35.8 Å². The second kappa shape index (κ2) is 8.71. The Bertz CT molecular complexity index is 1480. The van der Waals surface area contributed by atoms with E-state index in [0.29, 0.717) is 13.0 Å². The minimum Gasteiger partial charge on any atom is -0.446 e. The molecule has 4 heterocycles. The molecule has 0 radical (unpaired) electrons. The Balaban J connectivity index is 1.18. The van der Waals surface area contributed by atoms with Gasteiger partial charge < -0.3 is 15.4 Å². The second-order valence-corrected chi connectivity index (χ2v) is 9.23. The van der Waals surface area contributed by atoms with Crippen molar-refractivity contribution in [2.45, 2.75) is 31.9 Å². The number of benzene rings is 1. The van der Waals surface area contributed by atoms with E-state index in [1.54, 1.807) is 30.1 Å². The molecule has 34 heavy (non-hydrogen) atoms. The Hall–Kier alpha value is -4.05. The van der Waals surface area contributed by atoms with E-state index < -0.39 is 6.09 Å². The minimum atomic E-state index is -0.419. The third-order valence-corrected chi connectivity index (χ3v) is 7.08. The highest BCUT2D eigenvalue weighted by Gasteiger charge is 2.27. The fourth-order valence-electron chi connectivity index (χ4n) is 4.29. The Morgan fingerprint density at radius 1 is 1.21 bits per heavy atom. The number of rotatable bonds is 5. The highest BCUT2D eigenvalue weighted by Crippen LogP contribution is 2.39. The number of nitrogens with zero attached hydrogens (tertiary/aromatic N) is 4. The van der Waals surface area contributed by atoms with Gasteiger partial charge >= 0.3 is 6.09 Å². The van der Waals surface area contributed by atoms with Crippen LogP contribution in [0.4, 0.5) is 16.3 Å². The summed E-state index contributed by atoms with van der Waals surface area (Å²) in [4.78, 5) is 27.7. The number of carbonyl (C=O) groups excluding carboxylic acids is 1. The van der Waals surface area contributed by atoms with E-state index in [1.165, 1.54) is 10.4 Å². The fraction of sp³-hybridized carbons (Fsp3) is 0.208. The molecule has 1 aliphatic carbocycles. The molecule has 0 saturated carbocycles. The lowest BCUT2D eigenvalue weighted by atomic mass is 9.94. The van der Waals surface area contributed by atoms with Crippen molar-refractivity contribution in [3.05, 3.63) is 71.3 Å². The van der Waals surface area contributed by atoms with Crippen LogP contribution in [0.2, 0.25) is 0 Å². The third kappa shape index (κ3) is 4.03. The fourth-order valence-corrected chi connectivity index (χ4v) is 5.54. The number of nitrogens with one attached hydrogen (secondary N) is 3. The number of alkyl carbamates (subject to hydrolysis) is 1. The summed E-state index contributed by atoms with van der Waals surface area (Å²) in [6.45, 7) is 0.343. The molecular formula is C24H21N7O2S. The largest absolute Gasteiger partial charge is 0.446 e. The smallest absolute Gasteiger partial charge is 0.407 e. The van der Waals surface area contributed by atoms with Crippen molar-refractivity contribution in [3.63, 3.8) is 0 Å². The van der Waals surface area contributed by atoms with E-state index in [9.17, 15) is 4.79 Å². The van der Waals surface area contributed by atoms with Gasteiger partial charge in [0.25, 0.3) is 0 Å². The van der Waals surface area contributed by atoms with Gasteiger partial charge in [-0.05, 0) is 48.7 Å². The van der Waals surface area contributed by atoms with E-state index in [-0.39, 0.29) is 6.10 Å². The standard InChI is InChI=1S/C24H21N7O2S/c32-24(26-12-16-3-1-2-8-25-16)33-17-5-6-18-20(10-17)34-23-21(18)22(27-13-28-23)30-15-4-7-19-14(9-15)11-29-31-19/h1-4,7-9,11,13,17H,5-6,10,12H2,(H,26,32)(H,29,31)(H,27,28,30). The van der Waals surface area contributed by atoms with Crippen LogP contribution in [0.25, 0.3) is 21.1 Å². The van der Waals surface area contributed by atoms with Crippen molar-refractivity contribution in [2.75, 3.05) is 5.32 Å². The van der Waals surface area contributed by atoms with Crippen LogP contribution in [0.1, 0.15) is 22.6 Å². The quantitative estimate of drug-likeness (QED) is 0.346. The summed E-state index contributed by atoms with van der Waals surface area (Å²) in [5.41, 5.74) is 3.96. The van der Waals surface area contributed by atoms with Crippen LogP contribution in [0.5, 0.6) is 0 Å². The monoisotopic (exact) mass is 471 g/mol. The SMILES string of the molecule is O=C(NCc1ccccn1)OC1CCc2c(sc3ncnc(Nc4ccc5[nH]ncc5c4)c23)C1. The number of hydrogen-bond donors (Lipinski definition) is 3. The molecule has 10 heteroatoms. The van der Waals surface area contributed by atoms with Crippen molar-refractivity contribution in [1.82, 2.24) is 30.5 Å². The molecule has 1 amide bonds. The van der Waals surface area contributed by atoms with Crippen LogP contribution < -0.4 is 10.6 Å². The zero-order chi connectivity index (χ0) is 22.9. The van der Waals surface area contributed by atoms with Crippen molar-refractivity contribution in [1.29, 1.82) is 0 Å². The summed E-state index contributed by atoms with van der Waals surface area (Å²) in [7, 11) is 0. The maximum atomic E-state index is 12.3. The van der Waals surface area contributed by atoms with Crippen molar-refractivity contribution >= 4 is 50.1 Å². The molecule has 6 rings (SSSR count). The molecule has 3 N–H and O–H groups in total. The molecule has 5 aromatic rings. The van der Waals surface area contributed by atoms with Gasteiger partial charge in [0.2, 0.25) is 0 Å². The van der Waals surface area contributed by atoms with Crippen LogP contribution in [-0.4, -0.2) is 37.3 Å². The number of anilines is 2. The molecule has 0 aliphatic heterocycles. The van der Waals surface area contributed by atoms with Gasteiger partial charge in [0.05, 0.1) is 29.3 Å². The number of hydrogen-bond acceptors (Lipinski definition) is 8. The molecule has 1 atom stereocenters. The van der Waals surface area contributed by atoms with Gasteiger partial charge in [0, 0.05) is 28.6 Å². The van der Waals surface area contributed by atoms with Gasteiger partial charge in [-0.2, -0.15) is 5.10 Å².